The van der Waals surface area contributed by atoms with Gasteiger partial charge >= 0.3 is 0 Å². The third kappa shape index (κ3) is 10.0. The molecule has 0 atom stereocenters. The lowest BCUT2D eigenvalue weighted by atomic mass is 9.34. The minimum Gasteiger partial charge on any atom is -0.311 e. The number of nitrogens with zero attached hydrogens (tertiary/aromatic N) is 5. The molecule has 0 unspecified atom stereocenters. The molecule has 0 amide bonds. The topological polar surface area (TPSA) is 23.0 Å². The number of fused-ring (bicyclic) bond motifs is 16. The summed E-state index contributed by atoms with van der Waals surface area (Å²) in [5.41, 5.74) is 34.5. The Bertz CT molecular complexity index is 7510. The molecule has 24 rings (SSSR count). The fourth-order valence-corrected chi connectivity index (χ4v) is 20.7. The molecule has 0 saturated carbocycles. The summed E-state index contributed by atoms with van der Waals surface area (Å²) in [4.78, 5) is 5.09. The van der Waals surface area contributed by atoms with E-state index in [1.807, 2.05) is 11.8 Å². The van der Waals surface area contributed by atoms with E-state index in [2.05, 4.69) is 436 Å². The summed E-state index contributed by atoms with van der Waals surface area (Å²) in [7, 11) is 0. The number of para-hydroxylation sites is 11. The molecular weight excluding hydrogens is 1410 g/mol. The molecule has 6 heterocycles. The predicted molar refractivity (Wildman–Crippen MR) is 486 cm³/mol. The largest absolute Gasteiger partial charge is 0.311 e. The Morgan fingerprint density at radius 1 is 0.183 bits per heavy atom. The third-order valence-electron chi connectivity index (χ3n) is 24.4. The molecule has 0 radical (unpaired) electrons. The first-order valence-corrected chi connectivity index (χ1v) is 40.5. The second-order valence-electron chi connectivity index (χ2n) is 30.5. The second-order valence-corrected chi connectivity index (χ2v) is 31.6. The SMILES string of the molecule is c1ccc(-c2cc(-c3ccccc3)cc(-c3cc4c5c(c3)N(c3ccccc3-c3ccccc3)c3cc(-c6cccc(-n7c8ccccc8c8ccccc87)c6-n6c7ccccc7c7ccccc76)ccc3B5c3ccc(-c5cccc(-n6c7ccccc7c7ccccc76)c5-n5c6ccccc6c6ccccc65)cc3S4)c2)cc1. The molecule has 115 heavy (non-hydrogen) atoms. The molecule has 0 spiro atoms. The van der Waals surface area contributed by atoms with Crippen molar-refractivity contribution in [1.82, 2.24) is 18.3 Å². The minimum atomic E-state index is -0.189. The lowest BCUT2D eigenvalue weighted by Gasteiger charge is -2.41. The summed E-state index contributed by atoms with van der Waals surface area (Å²) in [6.07, 6.45) is 0. The van der Waals surface area contributed by atoms with E-state index in [1.165, 1.54) is 80.4 Å². The van der Waals surface area contributed by atoms with Crippen LogP contribution in [0.3, 0.4) is 0 Å². The van der Waals surface area contributed by atoms with E-state index in [0.717, 1.165) is 140 Å². The van der Waals surface area contributed by atoms with E-state index in [4.69, 9.17) is 0 Å². The maximum absolute atomic E-state index is 2.65. The van der Waals surface area contributed by atoms with Gasteiger partial charge in [-0.25, -0.2) is 0 Å². The molecule has 22 aromatic rings. The summed E-state index contributed by atoms with van der Waals surface area (Å²) < 4.78 is 10.1. The molecule has 0 N–H and O–H groups in total. The zero-order valence-electron chi connectivity index (χ0n) is 62.5. The average molecular weight is 1480 g/mol. The first kappa shape index (κ1) is 65.1. The van der Waals surface area contributed by atoms with E-state index in [-0.39, 0.29) is 6.71 Å². The molecule has 0 fully saturated rings. The Balaban J connectivity index is 0.795. The van der Waals surface area contributed by atoms with Gasteiger partial charge in [0.15, 0.2) is 0 Å². The summed E-state index contributed by atoms with van der Waals surface area (Å²) in [5, 5.41) is 9.73. The van der Waals surface area contributed by atoms with Crippen molar-refractivity contribution in [2.45, 2.75) is 9.79 Å². The Labute approximate surface area is 669 Å². The van der Waals surface area contributed by atoms with Crippen molar-refractivity contribution in [2.75, 3.05) is 4.90 Å². The summed E-state index contributed by atoms with van der Waals surface area (Å²) >= 11 is 1.92. The van der Waals surface area contributed by atoms with Crippen molar-refractivity contribution in [3.63, 3.8) is 0 Å². The van der Waals surface area contributed by atoms with Crippen LogP contribution in [0.1, 0.15) is 0 Å². The van der Waals surface area contributed by atoms with Crippen molar-refractivity contribution in [2.24, 2.45) is 0 Å². The molecule has 4 aromatic heterocycles. The molecule has 7 heteroatoms. The van der Waals surface area contributed by atoms with Gasteiger partial charge in [0.1, 0.15) is 0 Å². The van der Waals surface area contributed by atoms with E-state index >= 15 is 0 Å². The van der Waals surface area contributed by atoms with Crippen LogP contribution in [0, 0.1) is 0 Å². The van der Waals surface area contributed by atoms with Crippen LogP contribution < -0.4 is 21.3 Å². The Morgan fingerprint density at radius 3 is 0.930 bits per heavy atom. The van der Waals surface area contributed by atoms with Crippen molar-refractivity contribution < 1.29 is 0 Å². The van der Waals surface area contributed by atoms with Gasteiger partial charge < -0.3 is 23.2 Å². The van der Waals surface area contributed by atoms with E-state index in [0.29, 0.717) is 0 Å². The van der Waals surface area contributed by atoms with Crippen molar-refractivity contribution >= 4 is 139 Å². The molecule has 0 aliphatic carbocycles. The highest BCUT2D eigenvalue weighted by molar-refractivity contribution is 8.00. The zero-order chi connectivity index (χ0) is 75.3. The first-order valence-electron chi connectivity index (χ1n) is 39.7. The van der Waals surface area contributed by atoms with Crippen LogP contribution >= 0.6 is 11.8 Å². The fourth-order valence-electron chi connectivity index (χ4n) is 19.5. The second kappa shape index (κ2) is 26.0. The minimum absolute atomic E-state index is 0.189. The number of hydrogen-bond acceptors (Lipinski definition) is 2. The standard InChI is InChI=1S/C108H68BN5S/c1-4-30-69(31-5-1)74-62-75(70-32-6-2-7-33-70)64-76(63-74)77-66-103-106-105(68-77)115-104-67-73(80-46-29-57-101(111-94-50-22-13-39-83(94)84-40-14-23-51-95(84)111)108(80)114-98-54-26-17-43-87(98)88-44-18-27-55-99(88)114)59-61-90(104)109(106)89-60-58-72(65-102(89)112(103)91-47-19-10-36-78(91)71-34-8-3-9-35-71)79-45-28-56-100(110-92-48-20-11-37-81(92)82-38-12-21-49-93(82)110)107(79)113-96-52-24-15-41-85(96)86-42-16-25-53-97(86)113/h1-68H. The number of aromatic nitrogens is 4. The quantitative estimate of drug-likeness (QED) is 0.120. The summed E-state index contributed by atoms with van der Waals surface area (Å²) in [5.74, 6) is 0. The molecule has 0 saturated heterocycles. The predicted octanol–water partition coefficient (Wildman–Crippen LogP) is 26.8. The lowest BCUT2D eigenvalue weighted by molar-refractivity contribution is 1.10. The summed E-state index contributed by atoms with van der Waals surface area (Å²) in [6.45, 7) is -0.189. The molecule has 5 nitrogen and oxygen atoms in total. The van der Waals surface area contributed by atoms with Crippen LogP contribution in [-0.4, -0.2) is 25.0 Å². The van der Waals surface area contributed by atoms with E-state index < -0.39 is 0 Å². The molecule has 0 bridgehead atoms. The lowest BCUT2D eigenvalue weighted by Crippen LogP contribution is -2.59. The monoisotopic (exact) mass is 1480 g/mol. The fraction of sp³-hybridized carbons (Fsp3) is 0. The normalized spacial score (nSPS) is 12.5. The smallest absolute Gasteiger partial charge is 0.249 e. The molecule has 2 aliphatic heterocycles. The maximum Gasteiger partial charge on any atom is 0.249 e. The van der Waals surface area contributed by atoms with Crippen LogP contribution in [0.25, 0.3) is 177 Å². The Kier molecular flexibility index (Phi) is 14.7. The van der Waals surface area contributed by atoms with Crippen LogP contribution in [0.2, 0.25) is 0 Å². The number of rotatable bonds is 11. The third-order valence-corrected chi connectivity index (χ3v) is 25.5. The van der Waals surface area contributed by atoms with Crippen LogP contribution in [0.5, 0.6) is 0 Å². The average Bonchev–Trinajstić information content (AvgIpc) is 1.46. The maximum atomic E-state index is 2.65. The highest BCUT2D eigenvalue weighted by atomic mass is 32.2. The van der Waals surface area contributed by atoms with Crippen LogP contribution in [0.15, 0.2) is 422 Å². The number of anilines is 3. The van der Waals surface area contributed by atoms with Gasteiger partial charge in [0, 0.05) is 80.9 Å². The van der Waals surface area contributed by atoms with E-state index in [9.17, 15) is 0 Å². The van der Waals surface area contributed by atoms with Crippen LogP contribution in [0.4, 0.5) is 17.1 Å². The molecule has 18 aromatic carbocycles. The van der Waals surface area contributed by atoms with Crippen molar-refractivity contribution in [3.8, 4) is 89.5 Å². The number of benzene rings is 18. The highest BCUT2D eigenvalue weighted by Gasteiger charge is 2.43. The van der Waals surface area contributed by atoms with Gasteiger partial charge in [0.05, 0.1) is 72.6 Å². The van der Waals surface area contributed by atoms with Gasteiger partial charge in [0.25, 0.3) is 0 Å². The Hall–Kier alpha value is -14.6. The van der Waals surface area contributed by atoms with Gasteiger partial charge in [-0.15, -0.1) is 0 Å². The summed E-state index contributed by atoms with van der Waals surface area (Å²) in [6, 6.07) is 155. The van der Waals surface area contributed by atoms with Gasteiger partial charge in [-0.3, -0.25) is 0 Å². The van der Waals surface area contributed by atoms with Crippen molar-refractivity contribution in [3.05, 3.63) is 413 Å². The highest BCUT2D eigenvalue weighted by Crippen LogP contribution is 2.52. The molecule has 534 valence electrons. The zero-order valence-corrected chi connectivity index (χ0v) is 63.3. The van der Waals surface area contributed by atoms with E-state index in [1.54, 1.807) is 0 Å². The van der Waals surface area contributed by atoms with Gasteiger partial charge in [-0.05, 0) is 170 Å². The first-order chi connectivity index (χ1) is 57.1. The Morgan fingerprint density at radius 2 is 0.496 bits per heavy atom. The van der Waals surface area contributed by atoms with Crippen LogP contribution in [-0.2, 0) is 0 Å². The van der Waals surface area contributed by atoms with Crippen molar-refractivity contribution in [1.29, 1.82) is 0 Å². The van der Waals surface area contributed by atoms with Gasteiger partial charge in [-0.1, -0.05) is 321 Å². The molecule has 2 aliphatic rings. The van der Waals surface area contributed by atoms with Gasteiger partial charge in [0.2, 0.25) is 6.71 Å². The number of hydrogen-bond donors (Lipinski definition) is 0. The molecular formula is C108H68BN5S. The van der Waals surface area contributed by atoms with Gasteiger partial charge in [-0.2, -0.15) is 0 Å².